The largest absolute Gasteiger partial charge is 0.489 e. The van der Waals surface area contributed by atoms with Gasteiger partial charge in [-0.25, -0.2) is 0 Å². The molecule has 162 valence electrons. The lowest BCUT2D eigenvalue weighted by Crippen LogP contribution is -2.15. The summed E-state index contributed by atoms with van der Waals surface area (Å²) in [6, 6.07) is 4.55. The van der Waals surface area contributed by atoms with Gasteiger partial charge in [0.1, 0.15) is 12.4 Å². The van der Waals surface area contributed by atoms with Crippen LogP contribution in [0.3, 0.4) is 0 Å². The molecule has 1 aliphatic rings. The Balaban J connectivity index is 1.80. The van der Waals surface area contributed by atoms with Crippen molar-refractivity contribution in [3.05, 3.63) is 40.3 Å². The lowest BCUT2D eigenvalue weighted by molar-refractivity contribution is -0.137. The van der Waals surface area contributed by atoms with Gasteiger partial charge in [0.05, 0.1) is 27.7 Å². The molecule has 1 heterocycles. The van der Waals surface area contributed by atoms with Crippen molar-refractivity contribution >= 4 is 33.8 Å². The second-order valence-corrected chi connectivity index (χ2v) is 7.94. The fourth-order valence-electron chi connectivity index (χ4n) is 2.68. The van der Waals surface area contributed by atoms with Crippen molar-refractivity contribution in [3.63, 3.8) is 0 Å². The Bertz CT molecular complexity index is 939. The second kappa shape index (κ2) is 9.05. The number of carbonyl (C=O) groups is 2. The van der Waals surface area contributed by atoms with Gasteiger partial charge in [-0.15, -0.1) is 11.3 Å². The van der Waals surface area contributed by atoms with Crippen LogP contribution in [0.15, 0.2) is 24.3 Å². The Kier molecular flexibility index (Phi) is 6.67. The summed E-state index contributed by atoms with van der Waals surface area (Å²) >= 11 is 1.07. The van der Waals surface area contributed by atoms with Gasteiger partial charge in [0.15, 0.2) is 0 Å². The third-order valence-corrected chi connectivity index (χ3v) is 5.57. The van der Waals surface area contributed by atoms with E-state index in [4.69, 9.17) is 9.47 Å². The number of hydrogen-bond acceptors (Lipinski definition) is 5. The minimum absolute atomic E-state index is 0.0154. The van der Waals surface area contributed by atoms with E-state index in [0.29, 0.717) is 15.4 Å². The quantitative estimate of drug-likeness (QED) is 0.581. The third-order valence-electron chi connectivity index (χ3n) is 4.42. The topological polar surface area (TPSA) is 76.7 Å². The molecule has 2 N–H and O–H groups in total. The number of aryl methyl sites for hydroxylation is 1. The third kappa shape index (κ3) is 5.51. The maximum Gasteiger partial charge on any atom is 0.416 e. The monoisotopic (exact) mass is 442 g/mol. The van der Waals surface area contributed by atoms with E-state index in [0.717, 1.165) is 42.4 Å². The molecule has 2 amide bonds. The predicted octanol–water partition coefficient (Wildman–Crippen LogP) is 4.70. The second-order valence-electron chi connectivity index (χ2n) is 6.89. The van der Waals surface area contributed by atoms with Crippen LogP contribution in [0.2, 0.25) is 0 Å². The molecule has 0 unspecified atom stereocenters. The smallest absolute Gasteiger partial charge is 0.416 e. The van der Waals surface area contributed by atoms with E-state index in [1.807, 2.05) is 0 Å². The molecule has 1 aliphatic carbocycles. The highest BCUT2D eigenvalue weighted by molar-refractivity contribution is 7.18. The van der Waals surface area contributed by atoms with Crippen molar-refractivity contribution < 1.29 is 32.2 Å². The van der Waals surface area contributed by atoms with E-state index in [1.54, 1.807) is 13.0 Å². The van der Waals surface area contributed by atoms with Gasteiger partial charge in [0.25, 0.3) is 5.91 Å². The zero-order valence-electron chi connectivity index (χ0n) is 16.4. The lowest BCUT2D eigenvalue weighted by atomic mass is 10.1. The Labute approximate surface area is 175 Å². The molecule has 2 aromatic rings. The van der Waals surface area contributed by atoms with Gasteiger partial charge in [-0.1, -0.05) is 0 Å². The summed E-state index contributed by atoms with van der Waals surface area (Å²) in [5.74, 6) is -0.554. The SMILES string of the molecule is COCCOc1ccc(C(F)(F)F)cc1NC(=O)c1sc(NC(=O)C2CC2)cc1C. The summed E-state index contributed by atoms with van der Waals surface area (Å²) in [5.41, 5.74) is -0.392. The van der Waals surface area contributed by atoms with Crippen molar-refractivity contribution in [1.82, 2.24) is 0 Å². The van der Waals surface area contributed by atoms with Crippen LogP contribution >= 0.6 is 11.3 Å². The zero-order valence-corrected chi connectivity index (χ0v) is 17.2. The van der Waals surface area contributed by atoms with Crippen LogP contribution < -0.4 is 15.4 Å². The highest BCUT2D eigenvalue weighted by Crippen LogP contribution is 2.36. The summed E-state index contributed by atoms with van der Waals surface area (Å²) in [5, 5.41) is 5.80. The fourth-order valence-corrected chi connectivity index (χ4v) is 3.65. The molecule has 10 heteroatoms. The minimum atomic E-state index is -4.57. The highest BCUT2D eigenvalue weighted by Gasteiger charge is 2.32. The number of amides is 2. The maximum atomic E-state index is 13.1. The summed E-state index contributed by atoms with van der Waals surface area (Å²) in [6.45, 7) is 2.04. The first-order valence-corrected chi connectivity index (χ1v) is 10.1. The molecule has 1 saturated carbocycles. The van der Waals surface area contributed by atoms with E-state index in [9.17, 15) is 22.8 Å². The Morgan fingerprint density at radius 2 is 1.90 bits per heavy atom. The van der Waals surface area contributed by atoms with Crippen molar-refractivity contribution in [2.24, 2.45) is 5.92 Å². The minimum Gasteiger partial charge on any atom is -0.489 e. The van der Waals surface area contributed by atoms with Gasteiger partial charge in [-0.2, -0.15) is 13.2 Å². The summed E-state index contributed by atoms with van der Waals surface area (Å²) in [4.78, 5) is 25.0. The standard InChI is InChI=1S/C20H21F3N2O4S/c1-11-9-16(25-18(26)12-3-4-12)30-17(11)19(27)24-14-10-13(20(21,22)23)5-6-15(14)29-8-7-28-2/h5-6,9-10,12H,3-4,7-8H2,1-2H3,(H,24,27)(H,25,26). The van der Waals surface area contributed by atoms with E-state index in [2.05, 4.69) is 10.6 Å². The van der Waals surface area contributed by atoms with Crippen LogP contribution in [0.1, 0.15) is 33.6 Å². The van der Waals surface area contributed by atoms with Crippen LogP contribution in [0, 0.1) is 12.8 Å². The molecule has 0 saturated heterocycles. The highest BCUT2D eigenvalue weighted by atomic mass is 32.1. The number of nitrogens with one attached hydrogen (secondary N) is 2. The van der Waals surface area contributed by atoms with Crippen LogP contribution in [-0.2, 0) is 15.7 Å². The summed E-state index contributed by atoms with van der Waals surface area (Å²) in [7, 11) is 1.47. The van der Waals surface area contributed by atoms with E-state index >= 15 is 0 Å². The molecular formula is C20H21F3N2O4S. The number of benzene rings is 1. The number of thiophene rings is 1. The molecule has 0 aliphatic heterocycles. The lowest BCUT2D eigenvalue weighted by Gasteiger charge is -2.15. The van der Waals surface area contributed by atoms with Crippen molar-refractivity contribution in [3.8, 4) is 5.75 Å². The molecule has 30 heavy (non-hydrogen) atoms. The average Bonchev–Trinajstić information content (AvgIpc) is 3.46. The molecular weight excluding hydrogens is 421 g/mol. The number of halogens is 3. The van der Waals surface area contributed by atoms with Crippen molar-refractivity contribution in [2.45, 2.75) is 25.9 Å². The molecule has 1 aromatic carbocycles. The number of hydrogen-bond donors (Lipinski definition) is 2. The first-order valence-electron chi connectivity index (χ1n) is 9.24. The molecule has 0 bridgehead atoms. The number of methoxy groups -OCH3 is 1. The zero-order chi connectivity index (χ0) is 21.9. The van der Waals surface area contributed by atoms with Gasteiger partial charge in [0.2, 0.25) is 5.91 Å². The number of alkyl halides is 3. The fraction of sp³-hybridized carbons (Fsp3) is 0.400. The summed E-state index contributed by atoms with van der Waals surface area (Å²) in [6.07, 6.45) is -2.86. The van der Waals surface area contributed by atoms with Crippen LogP contribution in [0.25, 0.3) is 0 Å². The molecule has 0 spiro atoms. The van der Waals surface area contributed by atoms with Crippen LogP contribution in [0.5, 0.6) is 5.75 Å². The molecule has 1 aromatic heterocycles. The molecule has 1 fully saturated rings. The normalized spacial score (nSPS) is 13.8. The molecule has 3 rings (SSSR count). The van der Waals surface area contributed by atoms with Gasteiger partial charge in [-0.05, 0) is 49.6 Å². The first kappa shape index (κ1) is 22.1. The van der Waals surface area contributed by atoms with E-state index in [-0.39, 0.29) is 36.5 Å². The number of ether oxygens (including phenoxy) is 2. The van der Waals surface area contributed by atoms with Gasteiger partial charge < -0.3 is 20.1 Å². The van der Waals surface area contributed by atoms with Gasteiger partial charge in [-0.3, -0.25) is 9.59 Å². The van der Waals surface area contributed by atoms with Crippen LogP contribution in [-0.4, -0.2) is 32.1 Å². The summed E-state index contributed by atoms with van der Waals surface area (Å²) < 4.78 is 49.7. The van der Waals surface area contributed by atoms with Crippen LogP contribution in [0.4, 0.5) is 23.9 Å². The Morgan fingerprint density at radius 3 is 2.53 bits per heavy atom. The van der Waals surface area contributed by atoms with Gasteiger partial charge in [0, 0.05) is 13.0 Å². The van der Waals surface area contributed by atoms with Gasteiger partial charge >= 0.3 is 6.18 Å². The van der Waals surface area contributed by atoms with Crippen molar-refractivity contribution in [2.75, 3.05) is 31.0 Å². The number of carbonyl (C=O) groups excluding carboxylic acids is 2. The average molecular weight is 442 g/mol. The van der Waals surface area contributed by atoms with E-state index < -0.39 is 17.6 Å². The number of rotatable bonds is 8. The first-order chi connectivity index (χ1) is 14.2. The van der Waals surface area contributed by atoms with Crippen molar-refractivity contribution in [1.29, 1.82) is 0 Å². The van der Waals surface area contributed by atoms with E-state index in [1.165, 1.54) is 7.11 Å². The molecule has 6 nitrogen and oxygen atoms in total. The Hall–Kier alpha value is -2.59. The predicted molar refractivity (Wildman–Crippen MR) is 107 cm³/mol. The molecule has 0 atom stereocenters. The number of anilines is 2. The Morgan fingerprint density at radius 1 is 1.17 bits per heavy atom. The molecule has 0 radical (unpaired) electrons. The maximum absolute atomic E-state index is 13.1.